The Labute approximate surface area is 120 Å². The molecule has 0 aliphatic rings. The van der Waals surface area contributed by atoms with Gasteiger partial charge in [-0.25, -0.2) is 0 Å². The molecule has 0 saturated heterocycles. The van der Waals surface area contributed by atoms with Gasteiger partial charge in [-0.1, -0.05) is 0 Å². The quantitative estimate of drug-likeness (QED) is 0.766. The maximum atomic E-state index is 11.6. The standard InChI is InChI=1S/C14H12N4O3/c19-13(11-2-1-9-20-11)16-8-5-12-17-18-14(21-12)10-3-6-15-7-4-10/h1-4,6-7,9H,5,8H2,(H,16,19). The average molecular weight is 284 g/mol. The van der Waals surface area contributed by atoms with Crippen LogP contribution in [0.4, 0.5) is 0 Å². The van der Waals surface area contributed by atoms with Gasteiger partial charge in [0, 0.05) is 30.9 Å². The molecule has 3 aromatic heterocycles. The van der Waals surface area contributed by atoms with Crippen LogP contribution in [-0.2, 0) is 6.42 Å². The van der Waals surface area contributed by atoms with E-state index in [1.807, 2.05) is 0 Å². The van der Waals surface area contributed by atoms with Crippen LogP contribution in [-0.4, -0.2) is 27.6 Å². The van der Waals surface area contributed by atoms with Gasteiger partial charge >= 0.3 is 0 Å². The summed E-state index contributed by atoms with van der Waals surface area (Å²) in [6.45, 7) is 0.386. The average Bonchev–Trinajstić information content (AvgIpc) is 3.20. The van der Waals surface area contributed by atoms with Crippen molar-refractivity contribution in [2.75, 3.05) is 6.54 Å². The number of furan rings is 1. The minimum Gasteiger partial charge on any atom is -0.459 e. The molecule has 3 heterocycles. The van der Waals surface area contributed by atoms with Gasteiger partial charge in [-0.3, -0.25) is 9.78 Å². The van der Waals surface area contributed by atoms with Crippen molar-refractivity contribution in [2.45, 2.75) is 6.42 Å². The molecule has 3 rings (SSSR count). The molecular weight excluding hydrogens is 272 g/mol. The number of nitrogens with zero attached hydrogens (tertiary/aromatic N) is 3. The lowest BCUT2D eigenvalue weighted by Crippen LogP contribution is -2.25. The Hall–Kier alpha value is -2.96. The number of carbonyl (C=O) groups excluding carboxylic acids is 1. The molecule has 0 radical (unpaired) electrons. The predicted octanol–water partition coefficient (Wildman–Crippen LogP) is 1.70. The molecular formula is C14H12N4O3. The van der Waals surface area contributed by atoms with Gasteiger partial charge in [0.15, 0.2) is 5.76 Å². The van der Waals surface area contributed by atoms with Gasteiger partial charge in [-0.05, 0) is 24.3 Å². The highest BCUT2D eigenvalue weighted by Gasteiger charge is 2.10. The number of hydrogen-bond donors (Lipinski definition) is 1. The van der Waals surface area contributed by atoms with Crippen LogP contribution in [0.5, 0.6) is 0 Å². The largest absolute Gasteiger partial charge is 0.459 e. The number of amides is 1. The summed E-state index contributed by atoms with van der Waals surface area (Å²) in [7, 11) is 0. The Balaban J connectivity index is 1.55. The number of hydrogen-bond acceptors (Lipinski definition) is 6. The van der Waals surface area contributed by atoms with Crippen molar-refractivity contribution in [3.05, 3.63) is 54.6 Å². The number of nitrogens with one attached hydrogen (secondary N) is 1. The van der Waals surface area contributed by atoms with E-state index in [-0.39, 0.29) is 11.7 Å². The molecule has 0 fully saturated rings. The molecule has 0 aliphatic carbocycles. The first kappa shape index (κ1) is 13.0. The summed E-state index contributed by atoms with van der Waals surface area (Å²) >= 11 is 0. The van der Waals surface area contributed by atoms with Gasteiger partial charge < -0.3 is 14.2 Å². The van der Waals surface area contributed by atoms with E-state index in [0.717, 1.165) is 5.56 Å². The summed E-state index contributed by atoms with van der Waals surface area (Å²) in [4.78, 5) is 15.6. The Morgan fingerprint density at radius 2 is 2.05 bits per heavy atom. The Morgan fingerprint density at radius 1 is 1.19 bits per heavy atom. The Kier molecular flexibility index (Phi) is 3.72. The number of rotatable bonds is 5. The zero-order valence-corrected chi connectivity index (χ0v) is 11.0. The van der Waals surface area contributed by atoms with Crippen LogP contribution < -0.4 is 5.32 Å². The Bertz CT molecular complexity index is 707. The summed E-state index contributed by atoms with van der Waals surface area (Å²) in [6, 6.07) is 6.84. The van der Waals surface area contributed by atoms with Crippen LogP contribution in [0.2, 0.25) is 0 Å². The number of pyridine rings is 1. The van der Waals surface area contributed by atoms with Gasteiger partial charge in [-0.2, -0.15) is 0 Å². The van der Waals surface area contributed by atoms with E-state index in [1.165, 1.54) is 6.26 Å². The summed E-state index contributed by atoms with van der Waals surface area (Å²) < 4.78 is 10.5. The second kappa shape index (κ2) is 6.00. The topological polar surface area (TPSA) is 94.1 Å². The Morgan fingerprint density at radius 3 is 2.81 bits per heavy atom. The van der Waals surface area contributed by atoms with Crippen molar-refractivity contribution in [2.24, 2.45) is 0 Å². The van der Waals surface area contributed by atoms with E-state index in [1.54, 1.807) is 36.7 Å². The monoisotopic (exact) mass is 284 g/mol. The molecule has 7 heteroatoms. The molecule has 106 valence electrons. The number of carbonyl (C=O) groups is 1. The fourth-order valence-corrected chi connectivity index (χ4v) is 1.74. The van der Waals surface area contributed by atoms with Crippen molar-refractivity contribution in [1.82, 2.24) is 20.5 Å². The molecule has 7 nitrogen and oxygen atoms in total. The van der Waals surface area contributed by atoms with Crippen molar-refractivity contribution < 1.29 is 13.6 Å². The highest BCUT2D eigenvalue weighted by atomic mass is 16.4. The van der Waals surface area contributed by atoms with E-state index >= 15 is 0 Å². The molecule has 0 unspecified atom stereocenters. The number of aromatic nitrogens is 3. The van der Waals surface area contributed by atoms with E-state index in [9.17, 15) is 4.79 Å². The molecule has 0 spiro atoms. The SMILES string of the molecule is O=C(NCCc1nnc(-c2ccncc2)o1)c1ccco1. The van der Waals surface area contributed by atoms with Crippen molar-refractivity contribution in [3.8, 4) is 11.5 Å². The fourth-order valence-electron chi connectivity index (χ4n) is 1.74. The fraction of sp³-hybridized carbons (Fsp3) is 0.143. The molecule has 0 aromatic carbocycles. The second-order valence-electron chi connectivity index (χ2n) is 4.22. The lowest BCUT2D eigenvalue weighted by atomic mass is 10.3. The van der Waals surface area contributed by atoms with E-state index in [0.29, 0.717) is 24.7 Å². The van der Waals surface area contributed by atoms with E-state index in [4.69, 9.17) is 8.83 Å². The van der Waals surface area contributed by atoms with Gasteiger partial charge in [0.25, 0.3) is 5.91 Å². The molecule has 21 heavy (non-hydrogen) atoms. The third kappa shape index (κ3) is 3.14. The first-order valence-corrected chi connectivity index (χ1v) is 6.37. The maximum Gasteiger partial charge on any atom is 0.286 e. The molecule has 1 N–H and O–H groups in total. The zero-order chi connectivity index (χ0) is 14.5. The van der Waals surface area contributed by atoms with Gasteiger partial charge in [0.1, 0.15) is 0 Å². The van der Waals surface area contributed by atoms with E-state index < -0.39 is 0 Å². The van der Waals surface area contributed by atoms with Crippen LogP contribution in [0.1, 0.15) is 16.4 Å². The van der Waals surface area contributed by atoms with Crippen LogP contribution in [0.3, 0.4) is 0 Å². The molecule has 0 bridgehead atoms. The van der Waals surface area contributed by atoms with Crippen molar-refractivity contribution in [3.63, 3.8) is 0 Å². The highest BCUT2D eigenvalue weighted by Crippen LogP contribution is 2.16. The summed E-state index contributed by atoms with van der Waals surface area (Å²) in [5, 5.41) is 10.6. The summed E-state index contributed by atoms with van der Waals surface area (Å²) in [6.07, 6.45) is 5.21. The third-order valence-electron chi connectivity index (χ3n) is 2.76. The van der Waals surface area contributed by atoms with Crippen molar-refractivity contribution >= 4 is 5.91 Å². The second-order valence-corrected chi connectivity index (χ2v) is 4.22. The predicted molar refractivity (Wildman–Crippen MR) is 72.3 cm³/mol. The molecule has 1 amide bonds. The van der Waals surface area contributed by atoms with Crippen LogP contribution in [0, 0.1) is 0 Å². The minimum atomic E-state index is -0.270. The minimum absolute atomic E-state index is 0.270. The lowest BCUT2D eigenvalue weighted by Gasteiger charge is -1.99. The summed E-state index contributed by atoms with van der Waals surface area (Å²) in [5.41, 5.74) is 0.809. The van der Waals surface area contributed by atoms with E-state index in [2.05, 4.69) is 20.5 Å². The first-order chi connectivity index (χ1) is 10.3. The third-order valence-corrected chi connectivity index (χ3v) is 2.76. The molecule has 0 atom stereocenters. The maximum absolute atomic E-state index is 11.6. The molecule has 3 aromatic rings. The first-order valence-electron chi connectivity index (χ1n) is 6.37. The highest BCUT2D eigenvalue weighted by molar-refractivity contribution is 5.91. The molecule has 0 aliphatic heterocycles. The van der Waals surface area contributed by atoms with Crippen LogP contribution in [0.25, 0.3) is 11.5 Å². The van der Waals surface area contributed by atoms with Gasteiger partial charge in [-0.15, -0.1) is 10.2 Å². The lowest BCUT2D eigenvalue weighted by molar-refractivity contribution is 0.0926. The van der Waals surface area contributed by atoms with Crippen molar-refractivity contribution in [1.29, 1.82) is 0 Å². The van der Waals surface area contributed by atoms with Gasteiger partial charge in [0.2, 0.25) is 11.8 Å². The zero-order valence-electron chi connectivity index (χ0n) is 11.0. The van der Waals surface area contributed by atoms with Gasteiger partial charge in [0.05, 0.1) is 6.26 Å². The van der Waals surface area contributed by atoms with Crippen LogP contribution in [0.15, 0.2) is 51.8 Å². The summed E-state index contributed by atoms with van der Waals surface area (Å²) in [5.74, 6) is 0.901. The van der Waals surface area contributed by atoms with Crippen LogP contribution >= 0.6 is 0 Å². The smallest absolute Gasteiger partial charge is 0.286 e. The molecule has 0 saturated carbocycles. The normalized spacial score (nSPS) is 10.5.